The molecule has 0 atom stereocenters. The molecular formula is C12H8ClN3O. The maximum Gasteiger partial charge on any atom is 0.148 e. The molecule has 2 aromatic rings. The van der Waals surface area contributed by atoms with Crippen LogP contribution in [0.4, 0.5) is 5.69 Å². The van der Waals surface area contributed by atoms with Gasteiger partial charge in [-0.05, 0) is 24.3 Å². The van der Waals surface area contributed by atoms with Gasteiger partial charge in [-0.1, -0.05) is 11.6 Å². The highest BCUT2D eigenvalue weighted by Gasteiger charge is 2.04. The summed E-state index contributed by atoms with van der Waals surface area (Å²) < 4.78 is 5.51. The van der Waals surface area contributed by atoms with E-state index in [1.165, 1.54) is 6.20 Å². The summed E-state index contributed by atoms with van der Waals surface area (Å²) in [5.41, 5.74) is 6.52. The zero-order valence-corrected chi connectivity index (χ0v) is 9.48. The smallest absolute Gasteiger partial charge is 0.148 e. The van der Waals surface area contributed by atoms with E-state index < -0.39 is 0 Å². The number of aromatic nitrogens is 1. The van der Waals surface area contributed by atoms with Crippen LogP contribution >= 0.6 is 11.6 Å². The van der Waals surface area contributed by atoms with E-state index in [0.29, 0.717) is 27.9 Å². The SMILES string of the molecule is N#Cc1ccc(Oc2cc(N)ccc2Cl)cn1. The molecule has 0 aliphatic carbocycles. The molecule has 1 aromatic carbocycles. The lowest BCUT2D eigenvalue weighted by atomic mass is 10.3. The van der Waals surface area contributed by atoms with Crippen molar-refractivity contribution in [2.24, 2.45) is 0 Å². The quantitative estimate of drug-likeness (QED) is 0.826. The first-order valence-corrected chi connectivity index (χ1v) is 5.16. The number of nitrogen functional groups attached to an aromatic ring is 1. The number of benzene rings is 1. The Morgan fingerprint density at radius 3 is 2.76 bits per heavy atom. The van der Waals surface area contributed by atoms with Crippen LogP contribution in [-0.2, 0) is 0 Å². The number of hydrogen-bond acceptors (Lipinski definition) is 4. The predicted molar refractivity (Wildman–Crippen MR) is 64.9 cm³/mol. The van der Waals surface area contributed by atoms with Gasteiger partial charge >= 0.3 is 0 Å². The van der Waals surface area contributed by atoms with E-state index in [4.69, 9.17) is 27.3 Å². The fraction of sp³-hybridized carbons (Fsp3) is 0. The molecule has 1 heterocycles. The number of nitriles is 1. The summed E-state index contributed by atoms with van der Waals surface area (Å²) in [6, 6.07) is 10.1. The molecule has 0 spiro atoms. The second kappa shape index (κ2) is 4.73. The van der Waals surface area contributed by atoms with Crippen molar-refractivity contribution < 1.29 is 4.74 Å². The molecule has 1 aromatic heterocycles. The molecule has 2 rings (SSSR count). The van der Waals surface area contributed by atoms with Crippen LogP contribution in [-0.4, -0.2) is 4.98 Å². The van der Waals surface area contributed by atoms with E-state index in [0.717, 1.165) is 0 Å². The third kappa shape index (κ3) is 2.65. The van der Waals surface area contributed by atoms with Crippen LogP contribution in [0.15, 0.2) is 36.5 Å². The van der Waals surface area contributed by atoms with Crippen molar-refractivity contribution >= 4 is 17.3 Å². The Hall–Kier alpha value is -2.25. The first kappa shape index (κ1) is 11.2. The number of nitrogens with two attached hydrogens (primary N) is 1. The topological polar surface area (TPSA) is 71.9 Å². The van der Waals surface area contributed by atoms with Gasteiger partial charge in [0.05, 0.1) is 11.2 Å². The molecule has 0 unspecified atom stereocenters. The minimum atomic E-state index is 0.330. The van der Waals surface area contributed by atoms with Crippen LogP contribution in [0.3, 0.4) is 0 Å². The molecule has 4 nitrogen and oxygen atoms in total. The number of hydrogen-bond donors (Lipinski definition) is 1. The highest BCUT2D eigenvalue weighted by atomic mass is 35.5. The minimum Gasteiger partial charge on any atom is -0.454 e. The Labute approximate surface area is 103 Å². The molecule has 0 saturated heterocycles. The number of rotatable bonds is 2. The lowest BCUT2D eigenvalue weighted by Crippen LogP contribution is -1.90. The van der Waals surface area contributed by atoms with Crippen molar-refractivity contribution in [3.05, 3.63) is 47.2 Å². The summed E-state index contributed by atoms with van der Waals surface area (Å²) in [7, 11) is 0. The lowest BCUT2D eigenvalue weighted by molar-refractivity contribution is 0.480. The normalized spacial score (nSPS) is 9.65. The average Bonchev–Trinajstić information content (AvgIpc) is 2.35. The summed E-state index contributed by atoms with van der Waals surface area (Å²) in [5.74, 6) is 0.953. The fourth-order valence-corrected chi connectivity index (χ4v) is 1.39. The molecule has 0 fully saturated rings. The van der Waals surface area contributed by atoms with Gasteiger partial charge in [0.1, 0.15) is 23.3 Å². The maximum atomic E-state index is 8.61. The van der Waals surface area contributed by atoms with Crippen molar-refractivity contribution in [2.75, 3.05) is 5.73 Å². The zero-order chi connectivity index (χ0) is 12.3. The second-order valence-electron chi connectivity index (χ2n) is 3.28. The van der Waals surface area contributed by atoms with E-state index in [2.05, 4.69) is 4.98 Å². The second-order valence-corrected chi connectivity index (χ2v) is 3.69. The lowest BCUT2D eigenvalue weighted by Gasteiger charge is -2.07. The number of nitrogens with zero attached hydrogens (tertiary/aromatic N) is 2. The molecule has 0 saturated carbocycles. The highest BCUT2D eigenvalue weighted by molar-refractivity contribution is 6.32. The Balaban J connectivity index is 2.25. The summed E-state index contributed by atoms with van der Waals surface area (Å²) in [6.07, 6.45) is 1.46. The van der Waals surface area contributed by atoms with E-state index in [-0.39, 0.29) is 0 Å². The summed E-state index contributed by atoms with van der Waals surface area (Å²) in [5, 5.41) is 9.07. The van der Waals surface area contributed by atoms with Crippen molar-refractivity contribution in [1.29, 1.82) is 5.26 Å². The maximum absolute atomic E-state index is 8.61. The molecular weight excluding hydrogens is 238 g/mol. The molecule has 0 bridgehead atoms. The van der Waals surface area contributed by atoms with Gasteiger partial charge in [0.15, 0.2) is 0 Å². The summed E-state index contributed by atoms with van der Waals surface area (Å²) >= 11 is 5.95. The van der Waals surface area contributed by atoms with Crippen LogP contribution in [0, 0.1) is 11.3 Å². The fourth-order valence-electron chi connectivity index (χ4n) is 1.23. The molecule has 5 heteroatoms. The molecule has 0 radical (unpaired) electrons. The van der Waals surface area contributed by atoms with Crippen molar-refractivity contribution in [3.63, 3.8) is 0 Å². The highest BCUT2D eigenvalue weighted by Crippen LogP contribution is 2.30. The number of halogens is 1. The van der Waals surface area contributed by atoms with Crippen LogP contribution < -0.4 is 10.5 Å². The van der Waals surface area contributed by atoms with E-state index in [1.54, 1.807) is 30.3 Å². The monoisotopic (exact) mass is 245 g/mol. The van der Waals surface area contributed by atoms with E-state index >= 15 is 0 Å². The van der Waals surface area contributed by atoms with Crippen LogP contribution in [0.5, 0.6) is 11.5 Å². The molecule has 84 valence electrons. The predicted octanol–water partition coefficient (Wildman–Crippen LogP) is 2.98. The Kier molecular flexibility index (Phi) is 3.12. The van der Waals surface area contributed by atoms with Gasteiger partial charge < -0.3 is 10.5 Å². The summed E-state index contributed by atoms with van der Waals surface area (Å²) in [4.78, 5) is 3.88. The van der Waals surface area contributed by atoms with Gasteiger partial charge in [-0.15, -0.1) is 0 Å². The number of anilines is 1. The van der Waals surface area contributed by atoms with Crippen molar-refractivity contribution in [2.45, 2.75) is 0 Å². The van der Waals surface area contributed by atoms with Crippen molar-refractivity contribution in [1.82, 2.24) is 4.98 Å². The standard InChI is InChI=1S/C12H8ClN3O/c13-11-4-1-8(15)5-12(11)17-10-3-2-9(6-14)16-7-10/h1-5,7H,15H2. The van der Waals surface area contributed by atoms with Gasteiger partial charge in [0, 0.05) is 11.8 Å². The summed E-state index contributed by atoms with van der Waals surface area (Å²) in [6.45, 7) is 0. The van der Waals surface area contributed by atoms with Crippen LogP contribution in [0.1, 0.15) is 5.69 Å². The Morgan fingerprint density at radius 1 is 1.29 bits per heavy atom. The largest absolute Gasteiger partial charge is 0.454 e. The Bertz CT molecular complexity index is 575. The van der Waals surface area contributed by atoms with Gasteiger partial charge in [-0.3, -0.25) is 0 Å². The number of ether oxygens (including phenoxy) is 1. The van der Waals surface area contributed by atoms with Gasteiger partial charge in [0.25, 0.3) is 0 Å². The number of pyridine rings is 1. The van der Waals surface area contributed by atoms with Crippen molar-refractivity contribution in [3.8, 4) is 17.6 Å². The molecule has 0 amide bonds. The molecule has 2 N–H and O–H groups in total. The van der Waals surface area contributed by atoms with E-state index in [9.17, 15) is 0 Å². The average molecular weight is 246 g/mol. The minimum absolute atomic E-state index is 0.330. The molecule has 0 aliphatic rings. The molecule has 17 heavy (non-hydrogen) atoms. The van der Waals surface area contributed by atoms with Crippen LogP contribution in [0.25, 0.3) is 0 Å². The van der Waals surface area contributed by atoms with Gasteiger partial charge in [-0.25, -0.2) is 4.98 Å². The van der Waals surface area contributed by atoms with Gasteiger partial charge in [0.2, 0.25) is 0 Å². The third-order valence-corrected chi connectivity index (χ3v) is 2.35. The first-order valence-electron chi connectivity index (χ1n) is 4.78. The zero-order valence-electron chi connectivity index (χ0n) is 8.72. The molecule has 0 aliphatic heterocycles. The Morgan fingerprint density at radius 2 is 2.12 bits per heavy atom. The third-order valence-electron chi connectivity index (χ3n) is 2.03. The van der Waals surface area contributed by atoms with E-state index in [1.807, 2.05) is 6.07 Å². The van der Waals surface area contributed by atoms with Gasteiger partial charge in [-0.2, -0.15) is 5.26 Å². The first-order chi connectivity index (χ1) is 8.19. The van der Waals surface area contributed by atoms with Crippen LogP contribution in [0.2, 0.25) is 5.02 Å².